The Morgan fingerprint density at radius 1 is 1.02 bits per heavy atom. The molecule has 0 fully saturated rings. The van der Waals surface area contributed by atoms with Crippen molar-refractivity contribution in [2.75, 3.05) is 12.9 Å². The Morgan fingerprint density at radius 2 is 1.71 bits per heavy atom. The van der Waals surface area contributed by atoms with Crippen LogP contribution < -0.4 is 27.0 Å². The van der Waals surface area contributed by atoms with Gasteiger partial charge in [-0.1, -0.05) is 32.0 Å². The summed E-state index contributed by atoms with van der Waals surface area (Å²) < 4.78 is 4.89. The number of thioether (sulfide) groups is 1. The Balaban J connectivity index is 2.04. The minimum Gasteiger partial charge on any atom is -0.467 e. The molecule has 2 heterocycles. The molecule has 1 aromatic heterocycles. The molecule has 0 spiro atoms. The zero-order chi connectivity index (χ0) is 31.1. The molecule has 14 heteroatoms. The summed E-state index contributed by atoms with van der Waals surface area (Å²) in [6.45, 7) is 6.51. The number of hydrogen-bond donors (Lipinski definition) is 7. The topological polar surface area (TPSA) is 205 Å². The number of para-hydroxylation sites is 1. The average Bonchev–Trinajstić information content (AvgIpc) is 3.28. The number of fused-ring (bicyclic) bond motifs is 3. The monoisotopic (exact) mass is 604 g/mol. The van der Waals surface area contributed by atoms with Crippen molar-refractivity contribution in [1.29, 1.82) is 0 Å². The van der Waals surface area contributed by atoms with Gasteiger partial charge in [0.25, 0.3) is 0 Å². The number of aliphatic hydroxyl groups excluding tert-OH is 1. The fourth-order valence-electron chi connectivity index (χ4n) is 4.60. The highest BCUT2D eigenvalue weighted by molar-refractivity contribution is 7.99. The molecule has 0 unspecified atom stereocenters. The predicted octanol–water partition coefficient (Wildman–Crippen LogP) is -0.298. The molecule has 0 saturated carbocycles. The minimum atomic E-state index is -1.43. The number of carbonyl (C=O) groups excluding carboxylic acids is 5. The van der Waals surface area contributed by atoms with Gasteiger partial charge in [0, 0.05) is 16.7 Å². The minimum absolute atomic E-state index is 0.0296. The largest absolute Gasteiger partial charge is 0.467 e. The maximum absolute atomic E-state index is 13.2. The molecule has 0 aliphatic carbocycles. The van der Waals surface area contributed by atoms with Crippen molar-refractivity contribution >= 4 is 52.3 Å². The summed E-state index contributed by atoms with van der Waals surface area (Å²) in [4.78, 5) is 68.4. The molecule has 8 N–H and O–H groups in total. The van der Waals surface area contributed by atoms with E-state index in [-0.39, 0.29) is 18.1 Å². The van der Waals surface area contributed by atoms with E-state index in [1.807, 2.05) is 38.1 Å². The molecule has 230 valence electrons. The van der Waals surface area contributed by atoms with Crippen LogP contribution in [0, 0.1) is 5.92 Å². The molecule has 42 heavy (non-hydrogen) atoms. The third-order valence-corrected chi connectivity index (χ3v) is 8.02. The smallest absolute Gasteiger partial charge is 0.329 e. The molecular weight excluding hydrogens is 564 g/mol. The van der Waals surface area contributed by atoms with Gasteiger partial charge in [-0.25, -0.2) is 4.79 Å². The number of methoxy groups -OCH3 is 1. The number of esters is 1. The number of ether oxygens (including phenoxy) is 1. The number of hydrogen-bond acceptors (Lipinski definition) is 9. The molecule has 4 amide bonds. The highest BCUT2D eigenvalue weighted by atomic mass is 32.2. The van der Waals surface area contributed by atoms with Gasteiger partial charge in [-0.3, -0.25) is 19.2 Å². The van der Waals surface area contributed by atoms with Gasteiger partial charge in [-0.05, 0) is 44.2 Å². The zero-order valence-electron chi connectivity index (χ0n) is 24.4. The summed E-state index contributed by atoms with van der Waals surface area (Å²) >= 11 is 1.22. The van der Waals surface area contributed by atoms with Gasteiger partial charge < -0.3 is 41.8 Å². The van der Waals surface area contributed by atoms with E-state index in [1.54, 1.807) is 0 Å². The lowest BCUT2D eigenvalue weighted by molar-refractivity contribution is -0.145. The van der Waals surface area contributed by atoms with Crippen molar-refractivity contribution in [3.63, 3.8) is 0 Å². The Morgan fingerprint density at radius 3 is 2.36 bits per heavy atom. The highest BCUT2D eigenvalue weighted by Crippen LogP contribution is 2.31. The molecule has 0 radical (unpaired) electrons. The quantitative estimate of drug-likeness (QED) is 0.229. The lowest BCUT2D eigenvalue weighted by atomic mass is 10.0. The normalized spacial score (nSPS) is 25.8. The second-order valence-electron chi connectivity index (χ2n) is 10.8. The van der Waals surface area contributed by atoms with Crippen LogP contribution in [0.15, 0.2) is 29.3 Å². The molecule has 13 nitrogen and oxygen atoms in total. The standard InChI is InChI=1S/C28H40N6O7S/c1-13(2)10-20-25(38)30-14(3)23(36)34-22(15(4)35)26(39)32-21(28(40)41-5)12-42-27-17(11-18(29)24(37)31-20)16-8-6-7-9-19(16)33-27/h6-9,13-15,18,20-22,33,35H,10-12,29H2,1-5H3,(H,30,38)(H,31,37)(H,32,39)(H,34,36)/t14-,15-,18+,20+,21+,22+/m1/s1. The van der Waals surface area contributed by atoms with Crippen LogP contribution in [0.3, 0.4) is 0 Å². The predicted molar refractivity (Wildman–Crippen MR) is 157 cm³/mol. The number of nitrogens with two attached hydrogens (primary N) is 1. The van der Waals surface area contributed by atoms with Gasteiger partial charge in [-0.15, -0.1) is 11.8 Å². The number of nitrogens with one attached hydrogen (secondary N) is 5. The summed E-state index contributed by atoms with van der Waals surface area (Å²) in [6, 6.07) is 1.77. The van der Waals surface area contributed by atoms with Crippen LogP contribution in [-0.4, -0.2) is 88.9 Å². The third kappa shape index (κ3) is 8.23. The van der Waals surface area contributed by atoms with E-state index in [9.17, 15) is 29.1 Å². The highest BCUT2D eigenvalue weighted by Gasteiger charge is 2.33. The van der Waals surface area contributed by atoms with Crippen LogP contribution >= 0.6 is 11.8 Å². The summed E-state index contributed by atoms with van der Waals surface area (Å²) in [5, 5.41) is 22.1. The van der Waals surface area contributed by atoms with E-state index in [1.165, 1.54) is 32.7 Å². The first-order chi connectivity index (χ1) is 19.8. The number of H-pyrrole nitrogens is 1. The number of rotatable bonds is 4. The van der Waals surface area contributed by atoms with Crippen molar-refractivity contribution in [3.8, 4) is 0 Å². The second kappa shape index (κ2) is 14.5. The summed E-state index contributed by atoms with van der Waals surface area (Å²) in [5.74, 6) is -3.36. The van der Waals surface area contributed by atoms with E-state index < -0.39 is 65.9 Å². The molecule has 3 rings (SSSR count). The zero-order valence-corrected chi connectivity index (χ0v) is 25.2. The van der Waals surface area contributed by atoms with Crippen molar-refractivity contribution in [2.45, 2.75) is 81.9 Å². The van der Waals surface area contributed by atoms with E-state index >= 15 is 0 Å². The first-order valence-corrected chi connectivity index (χ1v) is 14.8. The molecule has 1 aliphatic heterocycles. The fourth-order valence-corrected chi connectivity index (χ4v) is 5.70. The third-order valence-electron chi connectivity index (χ3n) is 6.89. The number of aromatic amines is 1. The number of carbonyl (C=O) groups is 5. The Bertz CT molecular complexity index is 1310. The molecule has 1 aliphatic rings. The lowest BCUT2D eigenvalue weighted by Crippen LogP contribution is -2.60. The molecule has 0 bridgehead atoms. The summed E-state index contributed by atoms with van der Waals surface area (Å²) in [7, 11) is 1.18. The first kappa shape index (κ1) is 32.9. The molecule has 6 atom stereocenters. The number of amides is 4. The van der Waals surface area contributed by atoms with E-state index in [2.05, 4.69) is 26.3 Å². The van der Waals surface area contributed by atoms with E-state index in [0.717, 1.165) is 16.5 Å². The SMILES string of the molecule is COC(=O)[C@@H]1CSc2[nH]c3ccccc3c2C[C@H](N)C(=O)N[C@@H](CC(C)C)C(=O)N[C@H](C)C(=O)N[C@@H]([C@@H](C)O)C(=O)N1. The fraction of sp³-hybridized carbons (Fsp3) is 0.536. The van der Waals surface area contributed by atoms with Crippen LogP contribution in [0.1, 0.15) is 39.7 Å². The van der Waals surface area contributed by atoms with Crippen LogP contribution in [0.2, 0.25) is 0 Å². The first-order valence-electron chi connectivity index (χ1n) is 13.8. The maximum atomic E-state index is 13.2. The van der Waals surface area contributed by atoms with Gasteiger partial charge in [-0.2, -0.15) is 0 Å². The van der Waals surface area contributed by atoms with Crippen LogP contribution in [0.4, 0.5) is 0 Å². The number of benzene rings is 1. The molecule has 2 aromatic rings. The molecular formula is C28H40N6O7S. The number of aliphatic hydroxyl groups is 1. The lowest BCUT2D eigenvalue weighted by Gasteiger charge is -2.27. The van der Waals surface area contributed by atoms with E-state index in [0.29, 0.717) is 11.4 Å². The van der Waals surface area contributed by atoms with Gasteiger partial charge >= 0.3 is 5.97 Å². The Labute approximate surface area is 248 Å². The average molecular weight is 605 g/mol. The molecule has 1 aromatic carbocycles. The van der Waals surface area contributed by atoms with Crippen molar-refractivity contribution in [2.24, 2.45) is 11.7 Å². The van der Waals surface area contributed by atoms with Crippen LogP contribution in [0.5, 0.6) is 0 Å². The van der Waals surface area contributed by atoms with Gasteiger partial charge in [0.05, 0.1) is 24.3 Å². The number of aromatic nitrogens is 1. The van der Waals surface area contributed by atoms with Crippen molar-refractivity contribution in [3.05, 3.63) is 29.8 Å². The van der Waals surface area contributed by atoms with Crippen LogP contribution in [-0.2, 0) is 35.1 Å². The Kier molecular flexibility index (Phi) is 11.4. The maximum Gasteiger partial charge on any atom is 0.329 e. The van der Waals surface area contributed by atoms with Crippen molar-refractivity contribution in [1.82, 2.24) is 26.3 Å². The summed E-state index contributed by atoms with van der Waals surface area (Å²) in [5.41, 5.74) is 7.88. The van der Waals surface area contributed by atoms with Gasteiger partial charge in [0.15, 0.2) is 0 Å². The second-order valence-corrected chi connectivity index (χ2v) is 11.9. The molecule has 0 saturated heterocycles. The summed E-state index contributed by atoms with van der Waals surface area (Å²) in [6.07, 6.45) is -0.921. The van der Waals surface area contributed by atoms with Gasteiger partial charge in [0.1, 0.15) is 24.2 Å². The van der Waals surface area contributed by atoms with Gasteiger partial charge in [0.2, 0.25) is 23.6 Å². The van der Waals surface area contributed by atoms with Crippen molar-refractivity contribution < 1.29 is 33.8 Å². The van der Waals surface area contributed by atoms with E-state index in [4.69, 9.17) is 10.5 Å². The Hall–Kier alpha value is -3.62. The van der Waals surface area contributed by atoms with Crippen LogP contribution in [0.25, 0.3) is 10.9 Å².